The smallest absolute Gasteiger partial charge is 0.260 e. The Balaban J connectivity index is 2.48. The number of anilines is 1. The van der Waals surface area contributed by atoms with Crippen molar-refractivity contribution in [1.82, 2.24) is 14.1 Å². The van der Waals surface area contributed by atoms with Gasteiger partial charge in [-0.25, -0.2) is 18.1 Å². The molecule has 0 aromatic carbocycles. The quantitative estimate of drug-likeness (QED) is 0.834. The molecular weight excluding hydrogens is 300 g/mol. The fourth-order valence-electron chi connectivity index (χ4n) is 1.99. The zero-order valence-corrected chi connectivity index (χ0v) is 13.4. The van der Waals surface area contributed by atoms with Crippen LogP contribution in [0.2, 0.25) is 0 Å². The largest absolute Gasteiger partial charge is 0.383 e. The molecule has 0 fully saturated rings. The first kappa shape index (κ1) is 15.2. The summed E-state index contributed by atoms with van der Waals surface area (Å²) < 4.78 is 34.5. The Labute approximate surface area is 122 Å². The maximum Gasteiger partial charge on any atom is 0.260 e. The number of fused-ring (bicyclic) bond motifs is 1. The number of nitrogens with zero attached hydrogens (tertiary/aromatic N) is 2. The topological polar surface area (TPSA) is 84.7 Å². The lowest BCUT2D eigenvalue weighted by molar-refractivity contribution is 0.141. The highest BCUT2D eigenvalue weighted by atomic mass is 32.2. The van der Waals surface area contributed by atoms with Gasteiger partial charge in [-0.15, -0.1) is 11.3 Å². The Kier molecular flexibility index (Phi) is 4.05. The molecule has 0 atom stereocenters. The minimum Gasteiger partial charge on any atom is -0.383 e. The van der Waals surface area contributed by atoms with E-state index >= 15 is 0 Å². The molecule has 9 heteroatoms. The Bertz CT molecular complexity index is 702. The van der Waals surface area contributed by atoms with Crippen molar-refractivity contribution >= 4 is 32.1 Å². The van der Waals surface area contributed by atoms with Crippen LogP contribution < -0.4 is 10.0 Å². The standard InChI is InChI=1S/C11H18N4O3S2/c1-11(2,7-18-4)14-20(16,17)9-8(12-3)13-10-15(9)5-6-19-10/h5-6,12,14H,7H2,1-4H3. The maximum absolute atomic E-state index is 12.6. The van der Waals surface area contributed by atoms with Gasteiger partial charge >= 0.3 is 0 Å². The summed E-state index contributed by atoms with van der Waals surface area (Å²) in [6.07, 6.45) is 1.69. The molecule has 2 aromatic heterocycles. The van der Waals surface area contributed by atoms with Crippen molar-refractivity contribution in [2.24, 2.45) is 0 Å². The van der Waals surface area contributed by atoms with Crippen LogP contribution in [0, 0.1) is 0 Å². The number of nitrogens with one attached hydrogen (secondary N) is 2. The molecular formula is C11H18N4O3S2. The van der Waals surface area contributed by atoms with Crippen molar-refractivity contribution in [3.05, 3.63) is 11.6 Å². The second-order valence-electron chi connectivity index (χ2n) is 4.99. The van der Waals surface area contributed by atoms with Crippen molar-refractivity contribution in [3.8, 4) is 0 Å². The number of sulfonamides is 1. The molecule has 0 saturated heterocycles. The average molecular weight is 318 g/mol. The highest BCUT2D eigenvalue weighted by molar-refractivity contribution is 7.89. The van der Waals surface area contributed by atoms with E-state index in [4.69, 9.17) is 4.74 Å². The summed E-state index contributed by atoms with van der Waals surface area (Å²) in [5.74, 6) is 0.331. The molecule has 0 aliphatic heterocycles. The number of ether oxygens (including phenoxy) is 1. The fraction of sp³-hybridized carbons (Fsp3) is 0.545. The summed E-state index contributed by atoms with van der Waals surface area (Å²) >= 11 is 1.38. The summed E-state index contributed by atoms with van der Waals surface area (Å²) in [4.78, 5) is 4.88. The minimum atomic E-state index is -3.72. The normalized spacial score (nSPS) is 13.0. The lowest BCUT2D eigenvalue weighted by Gasteiger charge is -2.24. The number of thiazole rings is 1. The molecule has 0 spiro atoms. The van der Waals surface area contributed by atoms with Gasteiger partial charge in [0.25, 0.3) is 10.0 Å². The van der Waals surface area contributed by atoms with E-state index in [0.717, 1.165) is 0 Å². The lowest BCUT2D eigenvalue weighted by atomic mass is 10.1. The van der Waals surface area contributed by atoms with E-state index in [1.165, 1.54) is 18.4 Å². The van der Waals surface area contributed by atoms with E-state index < -0.39 is 15.6 Å². The van der Waals surface area contributed by atoms with Gasteiger partial charge in [-0.3, -0.25) is 4.40 Å². The third-order valence-corrected chi connectivity index (χ3v) is 5.10. The van der Waals surface area contributed by atoms with Crippen LogP contribution in [0.15, 0.2) is 16.6 Å². The van der Waals surface area contributed by atoms with Gasteiger partial charge < -0.3 is 10.1 Å². The first-order valence-corrected chi connectivity index (χ1v) is 8.33. The molecule has 0 unspecified atom stereocenters. The number of hydrogen-bond donors (Lipinski definition) is 2. The van der Waals surface area contributed by atoms with Gasteiger partial charge in [0.15, 0.2) is 15.8 Å². The maximum atomic E-state index is 12.6. The SMILES string of the molecule is CNc1nc2sccn2c1S(=O)(=O)NC(C)(C)COC. The van der Waals surface area contributed by atoms with Gasteiger partial charge in [0.2, 0.25) is 0 Å². The zero-order valence-electron chi connectivity index (χ0n) is 11.8. The second-order valence-corrected chi connectivity index (χ2v) is 7.46. The molecule has 2 aromatic rings. The third kappa shape index (κ3) is 2.80. The van der Waals surface area contributed by atoms with Crippen molar-refractivity contribution in [3.63, 3.8) is 0 Å². The molecule has 0 amide bonds. The first-order valence-electron chi connectivity index (χ1n) is 5.97. The van der Waals surface area contributed by atoms with E-state index in [-0.39, 0.29) is 11.6 Å². The molecule has 0 radical (unpaired) electrons. The predicted octanol–water partition coefficient (Wildman–Crippen LogP) is 1.14. The van der Waals surface area contributed by atoms with E-state index in [1.54, 1.807) is 36.9 Å². The van der Waals surface area contributed by atoms with Crippen LogP contribution >= 0.6 is 11.3 Å². The van der Waals surface area contributed by atoms with Crippen molar-refractivity contribution in [2.75, 3.05) is 26.1 Å². The van der Waals surface area contributed by atoms with Gasteiger partial charge in [-0.2, -0.15) is 0 Å². The molecule has 20 heavy (non-hydrogen) atoms. The van der Waals surface area contributed by atoms with Crippen LogP contribution in [0.3, 0.4) is 0 Å². The molecule has 0 aliphatic rings. The van der Waals surface area contributed by atoms with Gasteiger partial charge in [-0.1, -0.05) is 0 Å². The number of hydrogen-bond acceptors (Lipinski definition) is 6. The molecule has 2 N–H and O–H groups in total. The van der Waals surface area contributed by atoms with E-state index in [9.17, 15) is 8.42 Å². The zero-order chi connectivity index (χ0) is 15.0. The first-order chi connectivity index (χ1) is 9.30. The molecule has 0 saturated carbocycles. The average Bonchev–Trinajstić information content (AvgIpc) is 2.84. The number of methoxy groups -OCH3 is 1. The van der Waals surface area contributed by atoms with Gasteiger partial charge in [-0.05, 0) is 13.8 Å². The molecule has 7 nitrogen and oxygen atoms in total. The van der Waals surface area contributed by atoms with Crippen LogP contribution in [-0.4, -0.2) is 44.1 Å². The summed E-state index contributed by atoms with van der Waals surface area (Å²) in [6, 6.07) is 0. The summed E-state index contributed by atoms with van der Waals surface area (Å²) in [6.45, 7) is 3.80. The number of rotatable bonds is 6. The highest BCUT2D eigenvalue weighted by Crippen LogP contribution is 2.26. The summed E-state index contributed by atoms with van der Waals surface area (Å²) in [5, 5.41) is 4.72. The van der Waals surface area contributed by atoms with Crippen LogP contribution in [0.4, 0.5) is 5.82 Å². The highest BCUT2D eigenvalue weighted by Gasteiger charge is 2.31. The van der Waals surface area contributed by atoms with E-state index in [2.05, 4.69) is 15.0 Å². The van der Waals surface area contributed by atoms with Crippen LogP contribution in [0.25, 0.3) is 4.96 Å². The predicted molar refractivity (Wildman–Crippen MR) is 78.9 cm³/mol. The fourth-order valence-corrected chi connectivity index (χ4v) is 4.45. The van der Waals surface area contributed by atoms with Crippen LogP contribution in [0.1, 0.15) is 13.8 Å². The van der Waals surface area contributed by atoms with Crippen LogP contribution in [-0.2, 0) is 14.8 Å². The number of aromatic nitrogens is 2. The second kappa shape index (κ2) is 5.32. The van der Waals surface area contributed by atoms with E-state index in [1.807, 2.05) is 0 Å². The molecule has 2 rings (SSSR count). The molecule has 0 bridgehead atoms. The van der Waals surface area contributed by atoms with Crippen molar-refractivity contribution in [1.29, 1.82) is 0 Å². The van der Waals surface area contributed by atoms with Crippen molar-refractivity contribution in [2.45, 2.75) is 24.4 Å². The monoisotopic (exact) mass is 318 g/mol. The third-order valence-electron chi connectivity index (χ3n) is 2.63. The Morgan fingerprint density at radius 2 is 2.20 bits per heavy atom. The minimum absolute atomic E-state index is 0.112. The Morgan fingerprint density at radius 1 is 1.50 bits per heavy atom. The Hall–Kier alpha value is -1.16. The van der Waals surface area contributed by atoms with Gasteiger partial charge in [0, 0.05) is 25.7 Å². The molecule has 112 valence electrons. The summed E-state index contributed by atoms with van der Waals surface area (Å²) in [5.41, 5.74) is -0.710. The van der Waals surface area contributed by atoms with Crippen LogP contribution in [0.5, 0.6) is 0 Å². The molecule has 2 heterocycles. The van der Waals surface area contributed by atoms with E-state index in [0.29, 0.717) is 10.8 Å². The Morgan fingerprint density at radius 3 is 2.80 bits per heavy atom. The summed E-state index contributed by atoms with van der Waals surface area (Å²) in [7, 11) is -0.544. The van der Waals surface area contributed by atoms with Gasteiger partial charge in [0.1, 0.15) is 0 Å². The van der Waals surface area contributed by atoms with Crippen molar-refractivity contribution < 1.29 is 13.2 Å². The van der Waals surface area contributed by atoms with Gasteiger partial charge in [0.05, 0.1) is 12.1 Å². The lowest BCUT2D eigenvalue weighted by Crippen LogP contribution is -2.47. The number of imidazole rings is 1. The molecule has 0 aliphatic carbocycles.